The summed E-state index contributed by atoms with van der Waals surface area (Å²) in [6.45, 7) is 7.54. The molecule has 0 amide bonds. The van der Waals surface area contributed by atoms with Gasteiger partial charge in [0.25, 0.3) is 0 Å². The van der Waals surface area contributed by atoms with Gasteiger partial charge in [-0.25, -0.2) is 0 Å². The first-order valence-corrected chi connectivity index (χ1v) is 5.27. The monoisotopic (exact) mass is 234 g/mol. The summed E-state index contributed by atoms with van der Waals surface area (Å²) in [5.74, 6) is -0.130. The predicted molar refractivity (Wildman–Crippen MR) is 58.6 cm³/mol. The predicted octanol–water partition coefficient (Wildman–Crippen LogP) is 4.48. The van der Waals surface area contributed by atoms with Crippen LogP contribution in [0.25, 0.3) is 0 Å². The Bertz CT molecular complexity index is 319. The molecule has 0 atom stereocenters. The molecule has 0 aromatic heterocycles. The maximum atomic E-state index is 11.9. The van der Waals surface area contributed by atoms with E-state index in [2.05, 4.69) is 4.74 Å². The lowest BCUT2D eigenvalue weighted by Crippen LogP contribution is -2.17. The summed E-state index contributed by atoms with van der Waals surface area (Å²) in [6.07, 6.45) is -3.81. The average Bonchev–Trinajstić information content (AvgIpc) is 2.22. The summed E-state index contributed by atoms with van der Waals surface area (Å²) in [6, 6.07) is 4.68. The number of benzene rings is 1. The molecule has 0 spiro atoms. The number of alkyl halides is 3. The lowest BCUT2D eigenvalue weighted by Gasteiger charge is -2.11. The van der Waals surface area contributed by atoms with Gasteiger partial charge in [-0.1, -0.05) is 32.9 Å². The van der Waals surface area contributed by atoms with Crippen LogP contribution in [0.2, 0.25) is 0 Å². The van der Waals surface area contributed by atoms with Crippen molar-refractivity contribution in [3.05, 3.63) is 29.3 Å². The zero-order chi connectivity index (χ0) is 12.8. The highest BCUT2D eigenvalue weighted by Gasteiger charge is 2.31. The van der Waals surface area contributed by atoms with Crippen molar-refractivity contribution < 1.29 is 17.9 Å². The summed E-state index contributed by atoms with van der Waals surface area (Å²) >= 11 is 0. The van der Waals surface area contributed by atoms with Gasteiger partial charge >= 0.3 is 6.36 Å². The Kier molecular flexibility index (Phi) is 5.93. The quantitative estimate of drug-likeness (QED) is 0.733. The minimum absolute atomic E-state index is 0.130. The zero-order valence-electron chi connectivity index (χ0n) is 9.98. The van der Waals surface area contributed by atoms with Crippen LogP contribution in [0.5, 0.6) is 5.75 Å². The fourth-order valence-electron chi connectivity index (χ4n) is 1.17. The SMILES string of the molecule is CC.CCc1ccc(OC(F)(F)F)c(C)c1. The standard InChI is InChI=1S/C10H11F3O.C2H6/c1-3-8-4-5-9(7(2)6-8)14-10(11,12)13;1-2/h4-6H,3H2,1-2H3;1-2H3. The van der Waals surface area contributed by atoms with Crippen LogP contribution in [0.3, 0.4) is 0 Å². The molecule has 0 aliphatic carbocycles. The lowest BCUT2D eigenvalue weighted by atomic mass is 10.1. The highest BCUT2D eigenvalue weighted by atomic mass is 19.4. The Morgan fingerprint density at radius 2 is 1.75 bits per heavy atom. The molecule has 0 radical (unpaired) electrons. The highest BCUT2D eigenvalue weighted by molar-refractivity contribution is 5.36. The van der Waals surface area contributed by atoms with Gasteiger partial charge < -0.3 is 4.74 Å². The summed E-state index contributed by atoms with van der Waals surface area (Å²) in [7, 11) is 0. The fraction of sp³-hybridized carbons (Fsp3) is 0.500. The molecule has 4 heteroatoms. The van der Waals surface area contributed by atoms with Gasteiger partial charge in [0.2, 0.25) is 0 Å². The second-order valence-electron chi connectivity index (χ2n) is 3.00. The molecule has 0 saturated heterocycles. The number of hydrogen-bond acceptors (Lipinski definition) is 1. The van der Waals surface area contributed by atoms with Crippen molar-refractivity contribution in [3.63, 3.8) is 0 Å². The summed E-state index contributed by atoms with van der Waals surface area (Å²) in [4.78, 5) is 0. The molecule has 1 aromatic rings. The van der Waals surface area contributed by atoms with Crippen molar-refractivity contribution in [1.29, 1.82) is 0 Å². The van der Waals surface area contributed by atoms with Crippen LogP contribution in [0.4, 0.5) is 13.2 Å². The topological polar surface area (TPSA) is 9.23 Å². The molecule has 0 N–H and O–H groups in total. The number of aryl methyl sites for hydroxylation is 2. The molecule has 0 aliphatic heterocycles. The third kappa shape index (κ3) is 5.05. The molecule has 1 aromatic carbocycles. The molecule has 0 heterocycles. The Morgan fingerprint density at radius 3 is 2.12 bits per heavy atom. The smallest absolute Gasteiger partial charge is 0.406 e. The van der Waals surface area contributed by atoms with Crippen molar-refractivity contribution in [1.82, 2.24) is 0 Å². The molecule has 1 nitrogen and oxygen atoms in total. The normalized spacial score (nSPS) is 10.4. The van der Waals surface area contributed by atoms with E-state index in [1.807, 2.05) is 20.8 Å². The molecule has 16 heavy (non-hydrogen) atoms. The maximum Gasteiger partial charge on any atom is 0.573 e. The van der Waals surface area contributed by atoms with Gasteiger partial charge in [-0.15, -0.1) is 13.2 Å². The molecule has 0 bridgehead atoms. The van der Waals surface area contributed by atoms with E-state index in [9.17, 15) is 13.2 Å². The van der Waals surface area contributed by atoms with Crippen LogP contribution in [-0.2, 0) is 6.42 Å². The van der Waals surface area contributed by atoms with Crippen molar-refractivity contribution in [2.75, 3.05) is 0 Å². The molecule has 92 valence electrons. The van der Waals surface area contributed by atoms with Crippen LogP contribution >= 0.6 is 0 Å². The number of ether oxygens (including phenoxy) is 1. The van der Waals surface area contributed by atoms with Crippen LogP contribution < -0.4 is 4.74 Å². The molecular formula is C12H17F3O. The maximum absolute atomic E-state index is 11.9. The number of hydrogen-bond donors (Lipinski definition) is 0. The van der Waals surface area contributed by atoms with Gasteiger partial charge in [-0.2, -0.15) is 0 Å². The molecule has 0 unspecified atom stereocenters. The highest BCUT2D eigenvalue weighted by Crippen LogP contribution is 2.26. The van der Waals surface area contributed by atoms with E-state index < -0.39 is 6.36 Å². The summed E-state index contributed by atoms with van der Waals surface area (Å²) in [5.41, 5.74) is 1.50. The van der Waals surface area contributed by atoms with Crippen LogP contribution in [0.1, 0.15) is 31.9 Å². The van der Waals surface area contributed by atoms with Crippen molar-refractivity contribution in [3.8, 4) is 5.75 Å². The van der Waals surface area contributed by atoms with Gasteiger partial charge in [0.1, 0.15) is 5.75 Å². The number of rotatable bonds is 2. The van der Waals surface area contributed by atoms with Crippen molar-refractivity contribution in [2.24, 2.45) is 0 Å². The van der Waals surface area contributed by atoms with Gasteiger partial charge in [0.15, 0.2) is 0 Å². The van der Waals surface area contributed by atoms with Crippen molar-refractivity contribution >= 4 is 0 Å². The van der Waals surface area contributed by atoms with E-state index in [0.29, 0.717) is 5.56 Å². The first-order chi connectivity index (χ1) is 7.42. The first-order valence-electron chi connectivity index (χ1n) is 5.27. The number of halogens is 3. The summed E-state index contributed by atoms with van der Waals surface area (Å²) in [5, 5.41) is 0. The zero-order valence-corrected chi connectivity index (χ0v) is 9.98. The first kappa shape index (κ1) is 14.8. The van der Waals surface area contributed by atoms with E-state index >= 15 is 0 Å². The minimum Gasteiger partial charge on any atom is -0.406 e. The van der Waals surface area contributed by atoms with Gasteiger partial charge in [-0.05, 0) is 30.5 Å². The fourth-order valence-corrected chi connectivity index (χ4v) is 1.17. The average molecular weight is 234 g/mol. The lowest BCUT2D eigenvalue weighted by molar-refractivity contribution is -0.274. The third-order valence-corrected chi connectivity index (χ3v) is 1.87. The molecular weight excluding hydrogens is 217 g/mol. The van der Waals surface area contributed by atoms with Crippen molar-refractivity contribution in [2.45, 2.75) is 40.5 Å². The summed E-state index contributed by atoms with van der Waals surface area (Å²) < 4.78 is 39.5. The van der Waals surface area contributed by atoms with Crippen LogP contribution in [0.15, 0.2) is 18.2 Å². The Balaban J connectivity index is 0.00000106. The Hall–Kier alpha value is -1.19. The largest absolute Gasteiger partial charge is 0.573 e. The van der Waals surface area contributed by atoms with Gasteiger partial charge in [0, 0.05) is 0 Å². The second kappa shape index (κ2) is 6.40. The molecule has 1 rings (SSSR count). The molecule has 0 fully saturated rings. The van der Waals surface area contributed by atoms with E-state index in [4.69, 9.17) is 0 Å². The van der Waals surface area contributed by atoms with E-state index in [-0.39, 0.29) is 5.75 Å². The van der Waals surface area contributed by atoms with Crippen LogP contribution in [-0.4, -0.2) is 6.36 Å². The van der Waals surface area contributed by atoms with E-state index in [0.717, 1.165) is 12.0 Å². The van der Waals surface area contributed by atoms with E-state index in [1.165, 1.54) is 6.07 Å². The van der Waals surface area contributed by atoms with E-state index in [1.54, 1.807) is 19.1 Å². The molecule has 0 saturated carbocycles. The Labute approximate surface area is 94.2 Å². The van der Waals surface area contributed by atoms with Gasteiger partial charge in [-0.3, -0.25) is 0 Å². The molecule has 0 aliphatic rings. The second-order valence-corrected chi connectivity index (χ2v) is 3.00. The van der Waals surface area contributed by atoms with Crippen LogP contribution in [0, 0.1) is 6.92 Å². The van der Waals surface area contributed by atoms with Gasteiger partial charge in [0.05, 0.1) is 0 Å². The Morgan fingerprint density at radius 1 is 1.19 bits per heavy atom. The minimum atomic E-state index is -4.61. The third-order valence-electron chi connectivity index (χ3n) is 1.87.